The van der Waals surface area contributed by atoms with E-state index in [2.05, 4.69) is 20.1 Å². The largest absolute Gasteiger partial charge is 0.465 e. The van der Waals surface area contributed by atoms with Crippen molar-refractivity contribution in [2.24, 2.45) is 34.5 Å². The Bertz CT molecular complexity index is 734. The molecule has 0 N–H and O–H groups in total. The highest BCUT2D eigenvalue weighted by Gasteiger charge is 2.74. The smallest absolute Gasteiger partial charge is 0.313 e. The fourth-order valence-electron chi connectivity index (χ4n) is 6.68. The summed E-state index contributed by atoms with van der Waals surface area (Å²) in [5.41, 5.74) is -0.852. The number of Topliss-reactive ketones (excluding diaryl/α,β-unsaturated/α-hetero) is 2. The fraction of sp³-hybridized carbons (Fsp3) is 0.682. The zero-order valence-electron chi connectivity index (χ0n) is 15.8. The summed E-state index contributed by atoms with van der Waals surface area (Å²) in [6, 6.07) is 0. The number of fused-ring (bicyclic) bond motifs is 3. The fourth-order valence-corrected chi connectivity index (χ4v) is 6.68. The molecular formula is C22H28O4. The van der Waals surface area contributed by atoms with Crippen molar-refractivity contribution in [2.75, 3.05) is 6.61 Å². The lowest BCUT2D eigenvalue weighted by Gasteiger charge is -2.63. The Hall–Kier alpha value is -1.71. The van der Waals surface area contributed by atoms with Gasteiger partial charge >= 0.3 is 5.97 Å². The van der Waals surface area contributed by atoms with Gasteiger partial charge in [-0.1, -0.05) is 39.8 Å². The summed E-state index contributed by atoms with van der Waals surface area (Å²) < 4.78 is 5.63. The Kier molecular flexibility index (Phi) is 3.84. The van der Waals surface area contributed by atoms with E-state index in [0.29, 0.717) is 37.0 Å². The van der Waals surface area contributed by atoms with E-state index in [0.717, 1.165) is 19.3 Å². The highest BCUT2D eigenvalue weighted by Crippen LogP contribution is 2.68. The van der Waals surface area contributed by atoms with Crippen LogP contribution in [0.15, 0.2) is 24.3 Å². The van der Waals surface area contributed by atoms with Crippen LogP contribution in [0.1, 0.15) is 52.4 Å². The number of hydrogen-bond acceptors (Lipinski definition) is 4. The summed E-state index contributed by atoms with van der Waals surface area (Å²) in [5, 5.41) is 0. The minimum Gasteiger partial charge on any atom is -0.465 e. The van der Waals surface area contributed by atoms with Crippen molar-refractivity contribution < 1.29 is 19.1 Å². The van der Waals surface area contributed by atoms with Gasteiger partial charge in [0.15, 0.2) is 11.6 Å². The highest BCUT2D eigenvalue weighted by atomic mass is 16.5. The molecule has 4 unspecified atom stereocenters. The second-order valence-electron chi connectivity index (χ2n) is 8.90. The first-order valence-electron chi connectivity index (χ1n) is 9.96. The first kappa shape index (κ1) is 17.7. The van der Waals surface area contributed by atoms with Crippen LogP contribution in [0.3, 0.4) is 0 Å². The van der Waals surface area contributed by atoms with Gasteiger partial charge in [-0.2, -0.15) is 0 Å². The number of carbonyl (C=O) groups is 3. The zero-order chi connectivity index (χ0) is 18.9. The van der Waals surface area contributed by atoms with E-state index in [4.69, 9.17) is 4.74 Å². The van der Waals surface area contributed by atoms with Crippen molar-refractivity contribution in [1.29, 1.82) is 0 Å². The number of cyclic esters (lactones) is 1. The highest BCUT2D eigenvalue weighted by molar-refractivity contribution is 6.22. The summed E-state index contributed by atoms with van der Waals surface area (Å²) in [6.45, 7) is 12.6. The van der Waals surface area contributed by atoms with Crippen molar-refractivity contribution in [1.82, 2.24) is 0 Å². The maximum atomic E-state index is 13.5. The average molecular weight is 356 g/mol. The van der Waals surface area contributed by atoms with Crippen LogP contribution in [0.5, 0.6) is 0 Å². The van der Waals surface area contributed by atoms with E-state index < -0.39 is 10.8 Å². The predicted molar refractivity (Wildman–Crippen MR) is 97.1 cm³/mol. The van der Waals surface area contributed by atoms with Crippen LogP contribution < -0.4 is 0 Å². The Morgan fingerprint density at radius 3 is 2.54 bits per heavy atom. The molecule has 5 aliphatic rings. The van der Waals surface area contributed by atoms with E-state index in [1.54, 1.807) is 0 Å². The molecule has 4 heteroatoms. The molecule has 1 spiro atoms. The molecule has 0 aromatic heterocycles. The quantitative estimate of drug-likeness (QED) is 0.440. The van der Waals surface area contributed by atoms with Gasteiger partial charge in [-0.05, 0) is 54.6 Å². The van der Waals surface area contributed by atoms with Gasteiger partial charge in [-0.3, -0.25) is 14.4 Å². The third-order valence-corrected chi connectivity index (χ3v) is 7.81. The second kappa shape index (κ2) is 5.64. The summed E-state index contributed by atoms with van der Waals surface area (Å²) in [7, 11) is 0. The number of ketones is 2. The third kappa shape index (κ3) is 1.83. The summed E-state index contributed by atoms with van der Waals surface area (Å²) in [4.78, 5) is 40.0. The molecule has 26 heavy (non-hydrogen) atoms. The number of carbonyl (C=O) groups excluding carboxylic acids is 3. The van der Waals surface area contributed by atoms with E-state index in [-0.39, 0.29) is 41.2 Å². The minimum atomic E-state index is -1.12. The maximum absolute atomic E-state index is 13.5. The second-order valence-corrected chi connectivity index (χ2v) is 8.90. The lowest BCUT2D eigenvalue weighted by atomic mass is 9.37. The lowest BCUT2D eigenvalue weighted by molar-refractivity contribution is -0.200. The van der Waals surface area contributed by atoms with Crippen LogP contribution >= 0.6 is 0 Å². The summed E-state index contributed by atoms with van der Waals surface area (Å²) >= 11 is 0. The maximum Gasteiger partial charge on any atom is 0.313 e. The van der Waals surface area contributed by atoms with Crippen molar-refractivity contribution in [2.45, 2.75) is 52.4 Å². The molecule has 0 aromatic rings. The predicted octanol–water partition coefficient (Wildman–Crippen LogP) is 3.65. The van der Waals surface area contributed by atoms with Crippen LogP contribution in [0.4, 0.5) is 0 Å². The van der Waals surface area contributed by atoms with Gasteiger partial charge in [0.05, 0.1) is 17.4 Å². The number of rotatable bonds is 3. The first-order valence-corrected chi connectivity index (χ1v) is 9.96. The third-order valence-electron chi connectivity index (χ3n) is 7.81. The van der Waals surface area contributed by atoms with Crippen molar-refractivity contribution >= 4 is 17.5 Å². The van der Waals surface area contributed by atoms with Crippen molar-refractivity contribution in [3.63, 3.8) is 0 Å². The molecule has 0 radical (unpaired) electrons. The van der Waals surface area contributed by atoms with E-state index >= 15 is 0 Å². The van der Waals surface area contributed by atoms with Crippen LogP contribution in [-0.4, -0.2) is 24.1 Å². The van der Waals surface area contributed by atoms with Crippen molar-refractivity contribution in [3.05, 3.63) is 24.3 Å². The molecule has 4 aliphatic carbocycles. The zero-order valence-corrected chi connectivity index (χ0v) is 15.8. The van der Waals surface area contributed by atoms with E-state index in [1.807, 2.05) is 6.92 Å². The summed E-state index contributed by atoms with van der Waals surface area (Å²) in [5.74, 6) is -0.787. The number of hydrogen-bond donors (Lipinski definition) is 0. The number of ether oxygens (including phenoxy) is 1. The van der Waals surface area contributed by atoms with Gasteiger partial charge in [0.1, 0.15) is 0 Å². The molecule has 1 heterocycles. The van der Waals surface area contributed by atoms with Crippen LogP contribution in [0, 0.1) is 34.5 Å². The molecule has 4 nitrogen and oxygen atoms in total. The number of esters is 1. The molecule has 4 saturated carbocycles. The molecular weight excluding hydrogens is 328 g/mol. The monoisotopic (exact) mass is 356 g/mol. The minimum absolute atomic E-state index is 0.0529. The van der Waals surface area contributed by atoms with Crippen LogP contribution in [0.2, 0.25) is 0 Å². The van der Waals surface area contributed by atoms with Gasteiger partial charge < -0.3 is 4.74 Å². The topological polar surface area (TPSA) is 60.4 Å². The van der Waals surface area contributed by atoms with Crippen LogP contribution in [-0.2, 0) is 19.1 Å². The first-order chi connectivity index (χ1) is 12.3. The van der Waals surface area contributed by atoms with Crippen LogP contribution in [0.25, 0.3) is 0 Å². The number of unbranched alkanes of at least 4 members (excludes halogenated alkanes) is 1. The van der Waals surface area contributed by atoms with Gasteiger partial charge in [0.25, 0.3) is 0 Å². The van der Waals surface area contributed by atoms with Gasteiger partial charge in [0.2, 0.25) is 0 Å². The summed E-state index contributed by atoms with van der Waals surface area (Å²) in [6.07, 6.45) is 4.54. The van der Waals surface area contributed by atoms with Gasteiger partial charge in [-0.15, -0.1) is 0 Å². The SMILES string of the molecule is C=C1C(=O)[C@@]23CC[C@@H](CC2C2(CCCC)C(=O)OCC(C)C12)C(=C)C3=O. The Morgan fingerprint density at radius 1 is 1.15 bits per heavy atom. The van der Waals surface area contributed by atoms with Gasteiger partial charge in [-0.25, -0.2) is 0 Å². The Morgan fingerprint density at radius 2 is 1.85 bits per heavy atom. The lowest BCUT2D eigenvalue weighted by Crippen LogP contribution is -2.69. The Labute approximate surface area is 155 Å². The molecule has 140 valence electrons. The Balaban J connectivity index is 1.95. The van der Waals surface area contributed by atoms with E-state index in [9.17, 15) is 14.4 Å². The molecule has 2 bridgehead atoms. The molecule has 6 atom stereocenters. The molecule has 0 aromatic carbocycles. The normalized spacial score (nSPS) is 44.6. The molecule has 1 saturated heterocycles. The number of allylic oxidation sites excluding steroid dienone is 2. The molecule has 0 amide bonds. The standard InChI is InChI=1S/C22H28O4/c1-5-6-8-21-16-10-15-7-9-22(16,18(23)13(15)3)19(24)14(4)17(21)12(2)11-26-20(21)25/h12,15-17H,3-11H2,1-2H3/t12?,15-,16?,17?,21?,22-/m0/s1. The molecule has 5 rings (SSSR count). The van der Waals surface area contributed by atoms with E-state index in [1.165, 1.54) is 0 Å². The van der Waals surface area contributed by atoms with Gasteiger partial charge in [0, 0.05) is 5.92 Å². The van der Waals surface area contributed by atoms with Crippen molar-refractivity contribution in [3.8, 4) is 0 Å². The molecule has 1 aliphatic heterocycles. The average Bonchev–Trinajstić information content (AvgIpc) is 2.64. The molecule has 5 fully saturated rings.